The Morgan fingerprint density at radius 1 is 0.870 bits per heavy atom. The number of thioether (sulfide) groups is 1. The van der Waals surface area contributed by atoms with Gasteiger partial charge in [-0.05, 0) is 21.2 Å². The second-order valence-corrected chi connectivity index (χ2v) is 6.90. The van der Waals surface area contributed by atoms with Gasteiger partial charge in [0.1, 0.15) is 5.04 Å². The van der Waals surface area contributed by atoms with Crippen LogP contribution in [0.3, 0.4) is 0 Å². The fourth-order valence-electron chi connectivity index (χ4n) is 3.04. The Balaban J connectivity index is 1.82. The number of aliphatic imine (C=N–C) groups is 1. The van der Waals surface area contributed by atoms with E-state index in [0.717, 1.165) is 11.5 Å². The molecular formula is C21H17NS. The van der Waals surface area contributed by atoms with Crippen molar-refractivity contribution in [3.8, 4) is 0 Å². The lowest BCUT2D eigenvalue weighted by atomic mass is 9.97. The van der Waals surface area contributed by atoms with E-state index < -0.39 is 0 Å². The Labute approximate surface area is 140 Å². The fourth-order valence-corrected chi connectivity index (χ4v) is 3.99. The fraction of sp³-hybridized carbons (Fsp3) is 0.0952. The first-order valence-electron chi connectivity index (χ1n) is 7.78. The summed E-state index contributed by atoms with van der Waals surface area (Å²) < 4.78 is 0. The van der Waals surface area contributed by atoms with E-state index >= 15 is 0 Å². The second-order valence-electron chi connectivity index (χ2n) is 5.73. The SMILES string of the molecule is C=C1CC(c2cccc3ccccc23)N=C(c2ccccc2)S1. The van der Waals surface area contributed by atoms with Crippen LogP contribution in [0.15, 0.2) is 89.3 Å². The lowest BCUT2D eigenvalue weighted by Gasteiger charge is -2.23. The number of fused-ring (bicyclic) bond motifs is 1. The maximum atomic E-state index is 5.04. The van der Waals surface area contributed by atoms with E-state index in [1.165, 1.54) is 26.8 Å². The van der Waals surface area contributed by atoms with Crippen LogP contribution >= 0.6 is 11.8 Å². The summed E-state index contributed by atoms with van der Waals surface area (Å²) in [5, 5.41) is 3.63. The van der Waals surface area contributed by atoms with Gasteiger partial charge in [0.15, 0.2) is 0 Å². The van der Waals surface area contributed by atoms with Crippen molar-refractivity contribution in [3.63, 3.8) is 0 Å². The summed E-state index contributed by atoms with van der Waals surface area (Å²) in [4.78, 5) is 6.22. The molecule has 2 heteroatoms. The molecule has 1 nitrogen and oxygen atoms in total. The molecule has 3 aromatic carbocycles. The van der Waals surface area contributed by atoms with Gasteiger partial charge in [-0.15, -0.1) is 0 Å². The van der Waals surface area contributed by atoms with E-state index in [9.17, 15) is 0 Å². The van der Waals surface area contributed by atoms with Crippen molar-refractivity contribution in [2.45, 2.75) is 12.5 Å². The maximum absolute atomic E-state index is 5.04. The lowest BCUT2D eigenvalue weighted by Crippen LogP contribution is -2.09. The van der Waals surface area contributed by atoms with Gasteiger partial charge in [-0.2, -0.15) is 0 Å². The average molecular weight is 315 g/mol. The van der Waals surface area contributed by atoms with E-state index in [1.807, 2.05) is 6.07 Å². The van der Waals surface area contributed by atoms with E-state index in [-0.39, 0.29) is 6.04 Å². The summed E-state index contributed by atoms with van der Waals surface area (Å²) in [6.07, 6.45) is 0.898. The van der Waals surface area contributed by atoms with Crippen molar-refractivity contribution in [1.82, 2.24) is 0 Å². The Hall–Kier alpha value is -2.32. The van der Waals surface area contributed by atoms with Crippen molar-refractivity contribution in [1.29, 1.82) is 0 Å². The predicted octanol–water partition coefficient (Wildman–Crippen LogP) is 5.98. The molecule has 0 N–H and O–H groups in total. The van der Waals surface area contributed by atoms with Gasteiger partial charge >= 0.3 is 0 Å². The van der Waals surface area contributed by atoms with E-state index in [0.29, 0.717) is 0 Å². The zero-order chi connectivity index (χ0) is 15.6. The van der Waals surface area contributed by atoms with E-state index in [1.54, 1.807) is 11.8 Å². The molecule has 3 aromatic rings. The van der Waals surface area contributed by atoms with Crippen LogP contribution in [0.4, 0.5) is 0 Å². The zero-order valence-corrected chi connectivity index (χ0v) is 13.6. The summed E-state index contributed by atoms with van der Waals surface area (Å²) in [5.74, 6) is 0. The van der Waals surface area contributed by atoms with Crippen molar-refractivity contribution in [2.24, 2.45) is 4.99 Å². The van der Waals surface area contributed by atoms with Crippen LogP contribution in [0.1, 0.15) is 23.6 Å². The smallest absolute Gasteiger partial charge is 0.103 e. The molecule has 1 atom stereocenters. The quantitative estimate of drug-likeness (QED) is 0.567. The highest BCUT2D eigenvalue weighted by Gasteiger charge is 2.22. The third-order valence-corrected chi connectivity index (χ3v) is 5.13. The number of benzene rings is 3. The molecule has 0 spiro atoms. The van der Waals surface area contributed by atoms with Gasteiger partial charge in [0.2, 0.25) is 0 Å². The summed E-state index contributed by atoms with van der Waals surface area (Å²) in [7, 11) is 0. The molecule has 0 saturated carbocycles. The third kappa shape index (κ3) is 2.82. The standard InChI is InChI=1S/C21H17NS/c1-15-14-20(22-21(23-15)17-9-3-2-4-10-17)19-13-7-11-16-8-5-6-12-18(16)19/h2-13,20H,1,14H2. The zero-order valence-electron chi connectivity index (χ0n) is 12.8. The minimum Gasteiger partial charge on any atom is -0.269 e. The van der Waals surface area contributed by atoms with Gasteiger partial charge in [-0.3, -0.25) is 4.99 Å². The largest absolute Gasteiger partial charge is 0.269 e. The van der Waals surface area contributed by atoms with Crippen molar-refractivity contribution in [3.05, 3.63) is 95.4 Å². The summed E-state index contributed by atoms with van der Waals surface area (Å²) in [6.45, 7) is 4.23. The number of hydrogen-bond acceptors (Lipinski definition) is 2. The van der Waals surface area contributed by atoms with E-state index in [2.05, 4.69) is 73.3 Å². The first-order valence-corrected chi connectivity index (χ1v) is 8.59. The first-order chi connectivity index (χ1) is 11.3. The molecule has 23 heavy (non-hydrogen) atoms. The molecule has 0 aromatic heterocycles. The molecule has 4 rings (SSSR count). The number of nitrogens with zero attached hydrogens (tertiary/aromatic N) is 1. The summed E-state index contributed by atoms with van der Waals surface area (Å²) in [5.41, 5.74) is 2.46. The van der Waals surface area contributed by atoms with Gasteiger partial charge in [0.25, 0.3) is 0 Å². The Morgan fingerprint density at radius 3 is 2.48 bits per heavy atom. The monoisotopic (exact) mass is 315 g/mol. The molecule has 0 fully saturated rings. The molecule has 0 radical (unpaired) electrons. The van der Waals surface area contributed by atoms with Gasteiger partial charge in [-0.25, -0.2) is 0 Å². The molecule has 0 amide bonds. The molecule has 1 aliphatic heterocycles. The van der Waals surface area contributed by atoms with Crippen LogP contribution < -0.4 is 0 Å². The van der Waals surface area contributed by atoms with Crippen LogP contribution in [0.5, 0.6) is 0 Å². The molecule has 1 unspecified atom stereocenters. The molecular weight excluding hydrogens is 298 g/mol. The lowest BCUT2D eigenvalue weighted by molar-refractivity contribution is 0.743. The summed E-state index contributed by atoms with van der Waals surface area (Å²) >= 11 is 1.70. The Kier molecular flexibility index (Phi) is 3.76. The Morgan fingerprint density at radius 2 is 1.61 bits per heavy atom. The molecule has 1 heterocycles. The van der Waals surface area contributed by atoms with Gasteiger partial charge < -0.3 is 0 Å². The highest BCUT2D eigenvalue weighted by Crippen LogP contribution is 2.40. The second kappa shape index (κ2) is 6.05. The highest BCUT2D eigenvalue weighted by molar-refractivity contribution is 8.17. The van der Waals surface area contributed by atoms with Gasteiger partial charge in [0, 0.05) is 12.0 Å². The average Bonchev–Trinajstić information content (AvgIpc) is 2.61. The first kappa shape index (κ1) is 14.3. The molecule has 0 saturated heterocycles. The topological polar surface area (TPSA) is 12.4 Å². The summed E-state index contributed by atoms with van der Waals surface area (Å²) in [6, 6.07) is 25.5. The molecule has 0 aliphatic carbocycles. The van der Waals surface area contributed by atoms with Crippen LogP contribution in [0.2, 0.25) is 0 Å². The van der Waals surface area contributed by atoms with Crippen molar-refractivity contribution < 1.29 is 0 Å². The van der Waals surface area contributed by atoms with Gasteiger partial charge in [0.05, 0.1) is 6.04 Å². The number of rotatable bonds is 2. The normalized spacial score (nSPS) is 18.0. The van der Waals surface area contributed by atoms with E-state index in [4.69, 9.17) is 4.99 Å². The minimum atomic E-state index is 0.144. The van der Waals surface area contributed by atoms with Gasteiger partial charge in [-0.1, -0.05) is 91.1 Å². The Bertz CT molecular complexity index is 891. The molecule has 112 valence electrons. The van der Waals surface area contributed by atoms with Crippen molar-refractivity contribution >= 4 is 27.6 Å². The van der Waals surface area contributed by atoms with Crippen LogP contribution in [0.25, 0.3) is 10.8 Å². The highest BCUT2D eigenvalue weighted by atomic mass is 32.2. The van der Waals surface area contributed by atoms with Crippen molar-refractivity contribution in [2.75, 3.05) is 0 Å². The maximum Gasteiger partial charge on any atom is 0.103 e. The molecule has 0 bridgehead atoms. The van der Waals surface area contributed by atoms with Crippen LogP contribution in [-0.4, -0.2) is 5.04 Å². The van der Waals surface area contributed by atoms with Crippen LogP contribution in [0, 0.1) is 0 Å². The van der Waals surface area contributed by atoms with Crippen LogP contribution in [-0.2, 0) is 0 Å². The third-order valence-electron chi connectivity index (χ3n) is 4.14. The minimum absolute atomic E-state index is 0.144. The predicted molar refractivity (Wildman–Crippen MR) is 101 cm³/mol. The number of hydrogen-bond donors (Lipinski definition) is 0. The molecule has 1 aliphatic rings.